The molecule has 0 bridgehead atoms. The zero-order valence-electron chi connectivity index (χ0n) is 14.7. The Morgan fingerprint density at radius 3 is 2.43 bits per heavy atom. The Morgan fingerprint density at radius 2 is 1.91 bits per heavy atom. The van der Waals surface area contributed by atoms with Crippen LogP contribution in [0.4, 0.5) is 5.69 Å². The van der Waals surface area contributed by atoms with Gasteiger partial charge in [0.25, 0.3) is 0 Å². The minimum absolute atomic E-state index is 0.217. The molecule has 1 heterocycles. The number of hydrogen-bond acceptors (Lipinski definition) is 4. The molecule has 0 aromatic heterocycles. The lowest BCUT2D eigenvalue weighted by Gasteiger charge is -2.41. The minimum Gasteiger partial charge on any atom is -0.465 e. The van der Waals surface area contributed by atoms with Gasteiger partial charge in [-0.1, -0.05) is 11.6 Å². The molecule has 0 amide bonds. The average Bonchev–Trinajstić information content (AvgIpc) is 2.49. The maximum absolute atomic E-state index is 11.9. The Bertz CT molecular complexity index is 573. The quantitative estimate of drug-likeness (QED) is 0.842. The lowest BCUT2D eigenvalue weighted by atomic mass is 9.97. The Hall–Kier alpha value is -1.26. The predicted octanol–water partition coefficient (Wildman–Crippen LogP) is 4.11. The molecule has 0 unspecified atom stereocenters. The molecule has 0 atom stereocenters. The van der Waals surface area contributed by atoms with Crippen LogP contribution < -0.4 is 5.32 Å². The van der Waals surface area contributed by atoms with Crippen LogP contribution in [0.5, 0.6) is 0 Å². The number of hydrogen-bond donors (Lipinski definition) is 1. The molecule has 0 radical (unpaired) electrons. The van der Waals surface area contributed by atoms with E-state index in [9.17, 15) is 4.79 Å². The van der Waals surface area contributed by atoms with Crippen LogP contribution in [0, 0.1) is 6.92 Å². The van der Waals surface area contributed by atoms with Gasteiger partial charge in [0.1, 0.15) is 0 Å². The van der Waals surface area contributed by atoms with Crippen LogP contribution in [-0.2, 0) is 4.74 Å². The van der Waals surface area contributed by atoms with Crippen LogP contribution in [0.1, 0.15) is 49.5 Å². The van der Waals surface area contributed by atoms with Crippen LogP contribution in [0.2, 0.25) is 5.02 Å². The van der Waals surface area contributed by atoms with E-state index in [4.69, 9.17) is 16.3 Å². The highest BCUT2D eigenvalue weighted by atomic mass is 35.5. The van der Waals surface area contributed by atoms with Crippen LogP contribution in [0.15, 0.2) is 12.1 Å². The van der Waals surface area contributed by atoms with Gasteiger partial charge in [-0.15, -0.1) is 0 Å². The lowest BCUT2D eigenvalue weighted by Crippen LogP contribution is -2.48. The van der Waals surface area contributed by atoms with E-state index in [1.807, 2.05) is 13.0 Å². The third kappa shape index (κ3) is 4.39. The number of carbonyl (C=O) groups is 1. The van der Waals surface area contributed by atoms with Gasteiger partial charge in [0.05, 0.1) is 12.7 Å². The molecule has 5 heteroatoms. The first kappa shape index (κ1) is 18.1. The van der Waals surface area contributed by atoms with Gasteiger partial charge in [-0.05, 0) is 58.2 Å². The summed E-state index contributed by atoms with van der Waals surface area (Å²) in [5.74, 6) is -0.351. The van der Waals surface area contributed by atoms with Crippen LogP contribution in [0.25, 0.3) is 0 Å². The predicted molar refractivity (Wildman–Crippen MR) is 95.5 cm³/mol. The number of esters is 1. The molecule has 4 nitrogen and oxygen atoms in total. The number of halogens is 1. The standard InChI is InChI=1S/C18H27ClN2O2/c1-12-15(17(22)23-5)10-13(19)11-16(12)20-14-6-8-21(9-7-14)18(2,3)4/h10-11,14,20H,6-9H2,1-5H3. The summed E-state index contributed by atoms with van der Waals surface area (Å²) >= 11 is 6.17. The monoisotopic (exact) mass is 338 g/mol. The molecule has 128 valence electrons. The average molecular weight is 339 g/mol. The van der Waals surface area contributed by atoms with Crippen LogP contribution in [-0.4, -0.2) is 42.6 Å². The van der Waals surface area contributed by atoms with E-state index in [1.54, 1.807) is 6.07 Å². The molecule has 1 aromatic carbocycles. The molecular formula is C18H27ClN2O2. The summed E-state index contributed by atoms with van der Waals surface area (Å²) in [6, 6.07) is 3.95. The van der Waals surface area contributed by atoms with E-state index in [0.29, 0.717) is 16.6 Å². The van der Waals surface area contributed by atoms with E-state index in [1.165, 1.54) is 7.11 Å². The van der Waals surface area contributed by atoms with Crippen molar-refractivity contribution in [3.05, 3.63) is 28.3 Å². The Kier molecular flexibility index (Phi) is 5.58. The number of rotatable bonds is 3. The second kappa shape index (κ2) is 7.10. The van der Waals surface area contributed by atoms with Gasteiger partial charge in [-0.25, -0.2) is 4.79 Å². The van der Waals surface area contributed by atoms with E-state index < -0.39 is 0 Å². The fraction of sp³-hybridized carbons (Fsp3) is 0.611. The molecule has 23 heavy (non-hydrogen) atoms. The van der Waals surface area contributed by atoms with Crippen molar-refractivity contribution in [1.82, 2.24) is 4.90 Å². The number of nitrogens with one attached hydrogen (secondary N) is 1. The second-order valence-electron chi connectivity index (χ2n) is 7.19. The summed E-state index contributed by atoms with van der Waals surface area (Å²) in [6.45, 7) is 10.8. The number of anilines is 1. The first-order valence-corrected chi connectivity index (χ1v) is 8.50. The fourth-order valence-corrected chi connectivity index (χ4v) is 3.28. The van der Waals surface area contributed by atoms with Crippen molar-refractivity contribution in [2.45, 2.75) is 52.1 Å². The lowest BCUT2D eigenvalue weighted by molar-refractivity contribution is 0.0600. The highest BCUT2D eigenvalue weighted by Gasteiger charge is 2.27. The smallest absolute Gasteiger partial charge is 0.338 e. The maximum Gasteiger partial charge on any atom is 0.338 e. The molecule has 0 saturated carbocycles. The summed E-state index contributed by atoms with van der Waals surface area (Å²) in [4.78, 5) is 14.4. The zero-order valence-corrected chi connectivity index (χ0v) is 15.5. The van der Waals surface area contributed by atoms with Crippen molar-refractivity contribution < 1.29 is 9.53 Å². The molecule has 0 aliphatic carbocycles. The molecule has 1 aliphatic heterocycles. The molecule has 2 rings (SSSR count). The number of methoxy groups -OCH3 is 1. The number of likely N-dealkylation sites (tertiary alicyclic amines) is 1. The van der Waals surface area contributed by atoms with E-state index in [-0.39, 0.29) is 11.5 Å². The molecular weight excluding hydrogens is 312 g/mol. The summed E-state index contributed by atoms with van der Waals surface area (Å²) in [5, 5.41) is 4.11. The largest absolute Gasteiger partial charge is 0.465 e. The maximum atomic E-state index is 11.9. The van der Waals surface area contributed by atoms with Crippen LogP contribution in [0.3, 0.4) is 0 Å². The van der Waals surface area contributed by atoms with E-state index in [0.717, 1.165) is 37.2 Å². The number of nitrogens with zero attached hydrogens (tertiary/aromatic N) is 1. The number of benzene rings is 1. The van der Waals surface area contributed by atoms with Crippen molar-refractivity contribution in [2.24, 2.45) is 0 Å². The van der Waals surface area contributed by atoms with E-state index >= 15 is 0 Å². The van der Waals surface area contributed by atoms with Crippen molar-refractivity contribution in [2.75, 3.05) is 25.5 Å². The highest BCUT2D eigenvalue weighted by Crippen LogP contribution is 2.28. The van der Waals surface area contributed by atoms with E-state index in [2.05, 4.69) is 31.0 Å². The van der Waals surface area contributed by atoms with Crippen molar-refractivity contribution in [3.63, 3.8) is 0 Å². The third-order valence-corrected chi connectivity index (χ3v) is 4.80. The third-order valence-electron chi connectivity index (χ3n) is 4.58. The summed E-state index contributed by atoms with van der Waals surface area (Å²) in [7, 11) is 1.39. The number of ether oxygens (including phenoxy) is 1. The van der Waals surface area contributed by atoms with Crippen molar-refractivity contribution in [3.8, 4) is 0 Å². The van der Waals surface area contributed by atoms with Gasteiger partial charge >= 0.3 is 5.97 Å². The van der Waals surface area contributed by atoms with Gasteiger partial charge in [0, 0.05) is 35.4 Å². The topological polar surface area (TPSA) is 41.6 Å². The summed E-state index contributed by atoms with van der Waals surface area (Å²) in [5.41, 5.74) is 2.55. The molecule has 1 aliphatic rings. The Balaban J connectivity index is 2.10. The summed E-state index contributed by atoms with van der Waals surface area (Å²) < 4.78 is 4.84. The highest BCUT2D eigenvalue weighted by molar-refractivity contribution is 6.31. The zero-order chi connectivity index (χ0) is 17.2. The SMILES string of the molecule is COC(=O)c1cc(Cl)cc(NC2CCN(C(C)(C)C)CC2)c1C. The molecule has 1 aromatic rings. The van der Waals surface area contributed by atoms with Crippen LogP contribution >= 0.6 is 11.6 Å². The van der Waals surface area contributed by atoms with Crippen molar-refractivity contribution >= 4 is 23.3 Å². The first-order valence-electron chi connectivity index (χ1n) is 8.12. The minimum atomic E-state index is -0.351. The summed E-state index contributed by atoms with van der Waals surface area (Å²) in [6.07, 6.45) is 2.16. The van der Waals surface area contributed by atoms with Gasteiger partial charge in [0.2, 0.25) is 0 Å². The van der Waals surface area contributed by atoms with Gasteiger partial charge < -0.3 is 10.1 Å². The van der Waals surface area contributed by atoms with Gasteiger partial charge in [-0.2, -0.15) is 0 Å². The first-order chi connectivity index (χ1) is 10.7. The Labute approximate surface area is 144 Å². The van der Waals surface area contributed by atoms with Gasteiger partial charge in [-0.3, -0.25) is 4.90 Å². The molecule has 1 saturated heterocycles. The molecule has 1 N–H and O–H groups in total. The fourth-order valence-electron chi connectivity index (χ4n) is 3.07. The number of carbonyl (C=O) groups excluding carboxylic acids is 1. The molecule has 1 fully saturated rings. The van der Waals surface area contributed by atoms with Crippen molar-refractivity contribution in [1.29, 1.82) is 0 Å². The normalized spacial score (nSPS) is 17.1. The molecule has 0 spiro atoms. The van der Waals surface area contributed by atoms with Gasteiger partial charge in [0.15, 0.2) is 0 Å². The Morgan fingerprint density at radius 1 is 1.30 bits per heavy atom. The number of piperidine rings is 1. The second-order valence-corrected chi connectivity index (χ2v) is 7.63.